The molecule has 2 aliphatic heterocycles. The van der Waals surface area contributed by atoms with Gasteiger partial charge in [-0.3, -0.25) is 32.8 Å². The van der Waals surface area contributed by atoms with Crippen LogP contribution in [0.15, 0.2) is 15.8 Å². The molecule has 2 fully saturated rings. The number of aromatic amines is 1. The predicted octanol–water partition coefficient (Wildman–Crippen LogP) is -1.89. The van der Waals surface area contributed by atoms with Gasteiger partial charge in [-0.25, -0.2) is 13.7 Å². The molecule has 37 heavy (non-hydrogen) atoms. The van der Waals surface area contributed by atoms with Gasteiger partial charge in [0.25, 0.3) is 13.4 Å². The number of amides is 1. The number of aliphatic hydroxyl groups excluding tert-OH is 2. The average Bonchev–Trinajstić information content (AvgIpc) is 3.11. The molecule has 0 bridgehead atoms. The van der Waals surface area contributed by atoms with E-state index in [1.165, 1.54) is 27.0 Å². The Kier molecular flexibility index (Phi) is 9.31. The first-order valence-electron chi connectivity index (χ1n) is 11.0. The molecule has 1 aromatic rings. The quantitative estimate of drug-likeness (QED) is 0.203. The third-order valence-corrected chi connectivity index (χ3v) is 8.10. The molecule has 9 atom stereocenters. The Morgan fingerprint density at radius 1 is 1.30 bits per heavy atom. The number of aryl methyl sites for hydroxylation is 1. The van der Waals surface area contributed by atoms with Gasteiger partial charge in [0, 0.05) is 25.1 Å². The molecule has 4 unspecified atom stereocenters. The van der Waals surface area contributed by atoms with Gasteiger partial charge in [0.2, 0.25) is 5.91 Å². The van der Waals surface area contributed by atoms with Crippen LogP contribution < -0.4 is 21.5 Å². The van der Waals surface area contributed by atoms with Gasteiger partial charge in [0.1, 0.15) is 18.4 Å². The molecule has 2 aliphatic rings. The number of nitrogens with one attached hydrogen (secondary N) is 2. The van der Waals surface area contributed by atoms with Gasteiger partial charge in [-0.2, -0.15) is 0 Å². The van der Waals surface area contributed by atoms with Crippen LogP contribution in [-0.4, -0.2) is 73.9 Å². The SMILES string of the molecule is CC(=O)N[C@H]1CC(C)O[C@@H](OP(=O)([O-])OP(=O)(O)OC[C@H]2O[C@@H](n3cc(C)c(=O)[nH]c3=O)C[C@H]2O)C1O. The van der Waals surface area contributed by atoms with Gasteiger partial charge in [-0.1, -0.05) is 0 Å². The summed E-state index contributed by atoms with van der Waals surface area (Å²) in [5, 5.41) is 22.9. The van der Waals surface area contributed by atoms with Gasteiger partial charge in [0.15, 0.2) is 6.29 Å². The lowest BCUT2D eigenvalue weighted by atomic mass is 10.0. The average molecular weight is 572 g/mol. The van der Waals surface area contributed by atoms with E-state index >= 15 is 0 Å². The van der Waals surface area contributed by atoms with Crippen molar-refractivity contribution < 1.29 is 56.8 Å². The first kappa shape index (κ1) is 29.8. The van der Waals surface area contributed by atoms with Gasteiger partial charge in [0.05, 0.1) is 24.9 Å². The van der Waals surface area contributed by atoms with Gasteiger partial charge < -0.3 is 34.8 Å². The number of carbonyl (C=O) groups excluding carboxylic acids is 1. The number of aromatic nitrogens is 2. The second-order valence-electron chi connectivity index (χ2n) is 8.66. The summed E-state index contributed by atoms with van der Waals surface area (Å²) in [6.45, 7) is 3.33. The first-order valence-corrected chi connectivity index (χ1v) is 14.0. The number of aliphatic hydroxyl groups is 2. The molecular formula is C18H28N3O14P2-. The van der Waals surface area contributed by atoms with Gasteiger partial charge in [-0.15, -0.1) is 0 Å². The van der Waals surface area contributed by atoms with E-state index in [4.69, 9.17) is 9.47 Å². The summed E-state index contributed by atoms with van der Waals surface area (Å²) in [6.07, 6.45) is -6.58. The number of rotatable bonds is 9. The summed E-state index contributed by atoms with van der Waals surface area (Å²) >= 11 is 0. The van der Waals surface area contributed by atoms with Crippen molar-refractivity contribution >= 4 is 21.6 Å². The van der Waals surface area contributed by atoms with Crippen LogP contribution in [0.5, 0.6) is 0 Å². The topological polar surface area (TPSA) is 248 Å². The normalized spacial score (nSPS) is 33.4. The molecule has 1 amide bonds. The molecular weight excluding hydrogens is 544 g/mol. The van der Waals surface area contributed by atoms with E-state index in [9.17, 15) is 43.5 Å². The maximum absolute atomic E-state index is 12.2. The molecule has 3 rings (SSSR count). The summed E-state index contributed by atoms with van der Waals surface area (Å²) in [5.74, 6) is -0.495. The molecule has 0 spiro atoms. The number of hydrogen-bond donors (Lipinski definition) is 5. The van der Waals surface area contributed by atoms with Crippen LogP contribution in [-0.2, 0) is 36.8 Å². The zero-order valence-corrected chi connectivity index (χ0v) is 21.7. The van der Waals surface area contributed by atoms with Crippen molar-refractivity contribution in [1.82, 2.24) is 14.9 Å². The number of nitrogens with zero attached hydrogens (tertiary/aromatic N) is 1. The summed E-state index contributed by atoms with van der Waals surface area (Å²) in [5.41, 5.74) is -1.22. The van der Waals surface area contributed by atoms with Gasteiger partial charge in [-0.05, 0) is 20.3 Å². The highest BCUT2D eigenvalue weighted by Crippen LogP contribution is 2.59. The first-order chi connectivity index (χ1) is 17.1. The van der Waals surface area contributed by atoms with E-state index in [0.29, 0.717) is 0 Å². The van der Waals surface area contributed by atoms with Crippen molar-refractivity contribution in [2.24, 2.45) is 0 Å². The summed E-state index contributed by atoms with van der Waals surface area (Å²) < 4.78 is 49.5. The van der Waals surface area contributed by atoms with Crippen LogP contribution in [0, 0.1) is 6.92 Å². The lowest BCUT2D eigenvalue weighted by Gasteiger charge is -2.40. The van der Waals surface area contributed by atoms with Crippen LogP contribution in [0.3, 0.4) is 0 Å². The lowest BCUT2D eigenvalue weighted by molar-refractivity contribution is -0.266. The van der Waals surface area contributed by atoms with E-state index in [1.54, 1.807) is 0 Å². The Hall–Kier alpha value is -1.75. The second kappa shape index (κ2) is 11.6. The Morgan fingerprint density at radius 2 is 1.97 bits per heavy atom. The highest BCUT2D eigenvalue weighted by Gasteiger charge is 2.42. The Balaban J connectivity index is 1.59. The minimum Gasteiger partial charge on any atom is -0.756 e. The second-order valence-corrected chi connectivity index (χ2v) is 11.6. The maximum Gasteiger partial charge on any atom is 0.478 e. The third kappa shape index (κ3) is 7.88. The molecule has 17 nitrogen and oxygen atoms in total. The van der Waals surface area contributed by atoms with E-state index < -0.39 is 82.4 Å². The number of carbonyl (C=O) groups is 1. The van der Waals surface area contributed by atoms with Crippen LogP contribution >= 0.6 is 15.6 Å². The third-order valence-electron chi connectivity index (χ3n) is 5.53. The fourth-order valence-electron chi connectivity index (χ4n) is 3.84. The van der Waals surface area contributed by atoms with Crippen molar-refractivity contribution in [3.63, 3.8) is 0 Å². The van der Waals surface area contributed by atoms with Crippen LogP contribution in [0.2, 0.25) is 0 Å². The zero-order chi connectivity index (χ0) is 27.7. The highest BCUT2D eigenvalue weighted by atomic mass is 31.3. The van der Waals surface area contributed by atoms with Crippen molar-refractivity contribution in [1.29, 1.82) is 0 Å². The van der Waals surface area contributed by atoms with Crippen LogP contribution in [0.1, 0.15) is 38.5 Å². The fourth-order valence-corrected chi connectivity index (χ4v) is 5.96. The molecule has 0 radical (unpaired) electrons. The smallest absolute Gasteiger partial charge is 0.478 e. The van der Waals surface area contributed by atoms with E-state index in [1.807, 2.05) is 0 Å². The molecule has 1 aromatic heterocycles. The monoisotopic (exact) mass is 572 g/mol. The van der Waals surface area contributed by atoms with E-state index in [0.717, 1.165) is 4.57 Å². The molecule has 0 aliphatic carbocycles. The summed E-state index contributed by atoms with van der Waals surface area (Å²) in [7, 11) is -11.0. The van der Waals surface area contributed by atoms with E-state index in [-0.39, 0.29) is 18.4 Å². The molecule has 19 heteroatoms. The summed E-state index contributed by atoms with van der Waals surface area (Å²) in [4.78, 5) is 59.0. The number of phosphoric ester groups is 2. The largest absolute Gasteiger partial charge is 0.756 e. The number of ether oxygens (including phenoxy) is 2. The Labute approximate surface area is 209 Å². The zero-order valence-electron chi connectivity index (χ0n) is 19.9. The molecule has 0 aromatic carbocycles. The fraction of sp³-hybridized carbons (Fsp3) is 0.722. The minimum atomic E-state index is -5.63. The van der Waals surface area contributed by atoms with Crippen LogP contribution in [0.25, 0.3) is 0 Å². The molecule has 2 saturated heterocycles. The number of H-pyrrole nitrogens is 1. The summed E-state index contributed by atoms with van der Waals surface area (Å²) in [6, 6.07) is -0.920. The standard InChI is InChI=1S/C18H29N3O14P2/c1-8-6-21(18(26)20-16(8)25)14-5-12(23)13(33-14)7-31-36(27,28)35-37(29,30)34-17-15(24)11(19-10(3)22)4-9(2)32-17/h6,9,11-15,17,23-24H,4-5,7H2,1-3H3,(H,19,22)(H,27,28)(H,29,30)(H,20,25,26)/p-1/t9?,11-,12+,13+,14+,15?,17-/m0/s1. The minimum absolute atomic E-state index is 0.141. The highest BCUT2D eigenvalue weighted by molar-refractivity contribution is 7.60. The molecule has 3 heterocycles. The van der Waals surface area contributed by atoms with Crippen molar-refractivity contribution in [2.75, 3.05) is 6.61 Å². The maximum atomic E-state index is 12.2. The predicted molar refractivity (Wildman–Crippen MR) is 119 cm³/mol. The van der Waals surface area contributed by atoms with Gasteiger partial charge >= 0.3 is 13.5 Å². The van der Waals surface area contributed by atoms with Crippen molar-refractivity contribution in [3.8, 4) is 0 Å². The van der Waals surface area contributed by atoms with E-state index in [2.05, 4.69) is 23.7 Å². The van der Waals surface area contributed by atoms with Crippen molar-refractivity contribution in [2.45, 2.75) is 76.6 Å². The number of hydrogen-bond acceptors (Lipinski definition) is 13. The van der Waals surface area contributed by atoms with Crippen LogP contribution in [0.4, 0.5) is 0 Å². The lowest BCUT2D eigenvalue weighted by Crippen LogP contribution is -2.55. The molecule has 210 valence electrons. The Bertz CT molecular complexity index is 1200. The van der Waals surface area contributed by atoms with Crippen molar-refractivity contribution in [3.05, 3.63) is 32.6 Å². The molecule has 0 saturated carbocycles. The Morgan fingerprint density at radius 3 is 2.62 bits per heavy atom. The number of phosphoric acid groups is 2. The molecule has 5 N–H and O–H groups in total.